The summed E-state index contributed by atoms with van der Waals surface area (Å²) in [7, 11) is 0. The molecule has 0 bridgehead atoms. The highest BCUT2D eigenvalue weighted by Gasteiger charge is 2.27. The van der Waals surface area contributed by atoms with E-state index >= 15 is 0 Å². The zero-order valence-electron chi connectivity index (χ0n) is 22.7. The van der Waals surface area contributed by atoms with E-state index in [4.69, 9.17) is 10.5 Å². The summed E-state index contributed by atoms with van der Waals surface area (Å²) < 4.78 is 20.6. The lowest BCUT2D eigenvalue weighted by Gasteiger charge is -2.35. The van der Waals surface area contributed by atoms with Crippen LogP contribution in [0.4, 0.5) is 16.2 Å². The van der Waals surface area contributed by atoms with Gasteiger partial charge in [0, 0.05) is 68.4 Å². The first-order valence-electron chi connectivity index (χ1n) is 13.8. The maximum atomic E-state index is 13.4. The Labute approximate surface area is 236 Å². The largest absolute Gasteiger partial charge is 0.381 e. The van der Waals surface area contributed by atoms with Gasteiger partial charge in [0.2, 0.25) is 5.95 Å². The first-order chi connectivity index (χ1) is 19.9. The van der Waals surface area contributed by atoms with Crippen molar-refractivity contribution in [3.8, 4) is 11.3 Å². The number of H-pyrrole nitrogens is 1. The van der Waals surface area contributed by atoms with Crippen LogP contribution in [0.25, 0.3) is 22.3 Å². The van der Waals surface area contributed by atoms with Gasteiger partial charge in [0.05, 0.1) is 36.0 Å². The minimum Gasteiger partial charge on any atom is -0.381 e. The van der Waals surface area contributed by atoms with E-state index in [1.54, 1.807) is 30.9 Å². The number of nitrogens with two attached hydrogens (primary N) is 1. The second kappa shape index (κ2) is 10.2. The number of hydrogen-bond acceptors (Lipinski definition) is 9. The highest BCUT2D eigenvalue weighted by Crippen LogP contribution is 2.30. The molecule has 4 aromatic heterocycles. The Morgan fingerprint density at radius 3 is 2.41 bits per heavy atom. The second-order valence-electron chi connectivity index (χ2n) is 11.0. The van der Waals surface area contributed by atoms with E-state index in [9.17, 15) is 4.39 Å². The molecule has 1 aromatic carbocycles. The van der Waals surface area contributed by atoms with Crippen LogP contribution in [-0.2, 0) is 16.8 Å². The number of aromatic amines is 1. The van der Waals surface area contributed by atoms with Crippen molar-refractivity contribution in [2.24, 2.45) is 11.7 Å². The Hall–Kier alpha value is -4.42. The monoisotopic (exact) mass is 554 g/mol. The Balaban J connectivity index is 1.03. The Kier molecular flexibility index (Phi) is 6.36. The number of fused-ring (bicyclic) bond motifs is 1. The van der Waals surface area contributed by atoms with E-state index in [0.717, 1.165) is 85.2 Å². The molecule has 11 nitrogen and oxygen atoms in total. The van der Waals surface area contributed by atoms with E-state index < -0.39 is 5.54 Å². The maximum absolute atomic E-state index is 13.4. The highest BCUT2D eigenvalue weighted by atomic mass is 19.1. The predicted molar refractivity (Wildman–Crippen MR) is 153 cm³/mol. The van der Waals surface area contributed by atoms with Gasteiger partial charge < -0.3 is 25.3 Å². The molecular weight excluding hydrogens is 523 g/mol. The molecule has 2 fully saturated rings. The Bertz CT molecular complexity index is 1650. The first kappa shape index (κ1) is 25.5. The molecule has 0 spiro atoms. The van der Waals surface area contributed by atoms with Crippen LogP contribution >= 0.6 is 0 Å². The number of nitrogens with one attached hydrogen (secondary N) is 1. The van der Waals surface area contributed by atoms with Crippen molar-refractivity contribution in [3.05, 3.63) is 78.4 Å². The van der Waals surface area contributed by atoms with Gasteiger partial charge in [-0.2, -0.15) is 5.10 Å². The van der Waals surface area contributed by atoms with Gasteiger partial charge in [0.15, 0.2) is 0 Å². The van der Waals surface area contributed by atoms with Crippen LogP contribution in [0.5, 0.6) is 0 Å². The van der Waals surface area contributed by atoms with Gasteiger partial charge in [0.25, 0.3) is 0 Å². The molecule has 0 radical (unpaired) electrons. The van der Waals surface area contributed by atoms with Gasteiger partial charge in [-0.25, -0.2) is 24.3 Å². The summed E-state index contributed by atoms with van der Waals surface area (Å²) in [4.78, 5) is 26.2. The van der Waals surface area contributed by atoms with Gasteiger partial charge in [-0.15, -0.1) is 0 Å². The number of hydrogen-bond donors (Lipinski definition) is 2. The van der Waals surface area contributed by atoms with Crippen LogP contribution in [0.1, 0.15) is 18.1 Å². The topological polar surface area (TPSA) is 127 Å². The summed E-state index contributed by atoms with van der Waals surface area (Å²) in [5.74, 6) is 1.81. The molecule has 2 aliphatic rings. The molecule has 0 unspecified atom stereocenters. The zero-order chi connectivity index (χ0) is 28.0. The summed E-state index contributed by atoms with van der Waals surface area (Å²) in [6.07, 6.45) is 9.07. The van der Waals surface area contributed by atoms with Crippen LogP contribution in [0.15, 0.2) is 61.4 Å². The zero-order valence-corrected chi connectivity index (χ0v) is 22.7. The van der Waals surface area contributed by atoms with Crippen LogP contribution in [0.2, 0.25) is 0 Å². The lowest BCUT2D eigenvalue weighted by atomic mass is 9.87. The predicted octanol–water partition coefficient (Wildman–Crippen LogP) is 2.95. The molecule has 5 aromatic rings. The van der Waals surface area contributed by atoms with E-state index in [-0.39, 0.29) is 5.82 Å². The van der Waals surface area contributed by atoms with E-state index in [1.165, 1.54) is 12.1 Å². The summed E-state index contributed by atoms with van der Waals surface area (Å²) in [5.41, 5.74) is 10.1. The van der Waals surface area contributed by atoms with Crippen molar-refractivity contribution in [1.29, 1.82) is 0 Å². The number of anilines is 2. The number of nitrogens with zero attached hydrogens (tertiary/aromatic N) is 8. The molecule has 41 heavy (non-hydrogen) atoms. The Morgan fingerprint density at radius 1 is 0.976 bits per heavy atom. The number of halogens is 1. The lowest BCUT2D eigenvalue weighted by Crippen LogP contribution is -2.47. The molecule has 0 saturated carbocycles. The third-order valence-corrected chi connectivity index (χ3v) is 8.05. The molecule has 0 aliphatic carbocycles. The lowest BCUT2D eigenvalue weighted by molar-refractivity contribution is -0.0408. The van der Waals surface area contributed by atoms with Crippen molar-refractivity contribution in [2.45, 2.75) is 19.0 Å². The molecule has 7 rings (SSSR count). The van der Waals surface area contributed by atoms with E-state index in [2.05, 4.69) is 52.1 Å². The molecule has 2 aliphatic heterocycles. The summed E-state index contributed by atoms with van der Waals surface area (Å²) in [6, 6.07) is 8.32. The average molecular weight is 555 g/mol. The molecule has 6 heterocycles. The molecule has 3 N–H and O–H groups in total. The minimum atomic E-state index is -0.830. The molecule has 12 heteroatoms. The number of ether oxygens (including phenoxy) is 1. The molecule has 1 atom stereocenters. The SMILES string of the molecule is C[C@](N)(c1ccc(F)cc1)c1cnc(N2CCN(c3ncnc4[nH]c(-c5cnn(CC6COC6)c5)cc34)CC2)nc1. The quantitative estimate of drug-likeness (QED) is 0.312. The van der Waals surface area contributed by atoms with Gasteiger partial charge in [-0.05, 0) is 30.7 Å². The summed E-state index contributed by atoms with van der Waals surface area (Å²) in [5, 5.41) is 5.51. The number of aromatic nitrogens is 7. The number of piperazine rings is 1. The fraction of sp³-hybridized carbons (Fsp3) is 0.345. The fourth-order valence-corrected chi connectivity index (χ4v) is 5.42. The minimum absolute atomic E-state index is 0.294. The van der Waals surface area contributed by atoms with Crippen LogP contribution in [-0.4, -0.2) is 74.1 Å². The smallest absolute Gasteiger partial charge is 0.225 e. The second-order valence-corrected chi connectivity index (χ2v) is 11.0. The standard InChI is InChI=1S/C29H31FN10O/c1-29(31,21-2-4-23(30)5-3-21)22-12-32-28(33-13-22)39-8-6-38(7-9-39)27-24-10-25(37-26(24)34-18-35-27)20-11-36-40(15-20)14-19-16-41-17-19/h2-5,10-13,15,18-19H,6-9,14,16-17,31H2,1H3,(H,34,35,37)/t29-/m0/s1. The third kappa shape index (κ3) is 4.89. The van der Waals surface area contributed by atoms with Crippen molar-refractivity contribution in [1.82, 2.24) is 34.7 Å². The van der Waals surface area contributed by atoms with E-state index in [0.29, 0.717) is 11.9 Å². The normalized spacial score (nSPS) is 17.5. The van der Waals surface area contributed by atoms with Crippen molar-refractivity contribution < 1.29 is 9.13 Å². The van der Waals surface area contributed by atoms with Gasteiger partial charge in [0.1, 0.15) is 23.6 Å². The fourth-order valence-electron chi connectivity index (χ4n) is 5.42. The van der Waals surface area contributed by atoms with Crippen molar-refractivity contribution in [3.63, 3.8) is 0 Å². The van der Waals surface area contributed by atoms with Gasteiger partial charge in [-0.1, -0.05) is 12.1 Å². The maximum Gasteiger partial charge on any atom is 0.225 e. The molecule has 0 amide bonds. The molecular formula is C29H31FN10O. The van der Waals surface area contributed by atoms with Crippen LogP contribution in [0, 0.1) is 11.7 Å². The van der Waals surface area contributed by atoms with Gasteiger partial charge >= 0.3 is 0 Å². The van der Waals surface area contributed by atoms with Crippen molar-refractivity contribution in [2.75, 3.05) is 49.2 Å². The van der Waals surface area contributed by atoms with Crippen LogP contribution < -0.4 is 15.5 Å². The van der Waals surface area contributed by atoms with E-state index in [1.807, 2.05) is 17.8 Å². The average Bonchev–Trinajstić information content (AvgIpc) is 3.63. The highest BCUT2D eigenvalue weighted by molar-refractivity contribution is 5.91. The number of benzene rings is 1. The Morgan fingerprint density at radius 2 is 1.71 bits per heavy atom. The molecule has 2 saturated heterocycles. The summed E-state index contributed by atoms with van der Waals surface area (Å²) >= 11 is 0. The van der Waals surface area contributed by atoms with Crippen molar-refractivity contribution >= 4 is 22.8 Å². The van der Waals surface area contributed by atoms with Crippen LogP contribution in [0.3, 0.4) is 0 Å². The third-order valence-electron chi connectivity index (χ3n) is 8.05. The molecule has 210 valence electrons. The first-order valence-corrected chi connectivity index (χ1v) is 13.8. The summed E-state index contributed by atoms with van der Waals surface area (Å²) in [6.45, 7) is 7.37. The van der Waals surface area contributed by atoms with Gasteiger partial charge in [-0.3, -0.25) is 4.68 Å². The number of rotatable bonds is 7.